The van der Waals surface area contributed by atoms with Crippen LogP contribution in [0.1, 0.15) is 11.1 Å². The number of rotatable bonds is 9. The van der Waals surface area contributed by atoms with Gasteiger partial charge in [0.2, 0.25) is 11.7 Å². The highest BCUT2D eigenvalue weighted by Crippen LogP contribution is 2.40. The fourth-order valence-electron chi connectivity index (χ4n) is 2.98. The van der Waals surface area contributed by atoms with Crippen molar-refractivity contribution in [2.75, 3.05) is 26.6 Å². The molecule has 0 heterocycles. The van der Waals surface area contributed by atoms with E-state index in [0.29, 0.717) is 35.1 Å². The summed E-state index contributed by atoms with van der Waals surface area (Å²) >= 11 is 0. The molecule has 0 spiro atoms. The number of carbonyl (C=O) groups excluding carboxylic acids is 1. The normalized spacial score (nSPS) is 10.5. The van der Waals surface area contributed by atoms with Crippen molar-refractivity contribution in [1.29, 1.82) is 0 Å². The zero-order valence-corrected chi connectivity index (χ0v) is 17.8. The first-order valence-electron chi connectivity index (χ1n) is 9.69. The molecule has 0 fully saturated rings. The van der Waals surface area contributed by atoms with Crippen LogP contribution in [0.4, 0.5) is 5.69 Å². The van der Waals surface area contributed by atoms with Crippen LogP contribution in [0.5, 0.6) is 23.0 Å². The highest BCUT2D eigenvalue weighted by Gasteiger charge is 2.14. The van der Waals surface area contributed by atoms with Gasteiger partial charge in [-0.3, -0.25) is 4.79 Å². The van der Waals surface area contributed by atoms with Crippen molar-refractivity contribution in [1.82, 2.24) is 0 Å². The molecule has 3 rings (SSSR count). The molecule has 0 aliphatic carbocycles. The van der Waals surface area contributed by atoms with Crippen LogP contribution in [0.25, 0.3) is 6.08 Å². The van der Waals surface area contributed by atoms with E-state index in [1.54, 1.807) is 37.5 Å². The average Bonchev–Trinajstić information content (AvgIpc) is 2.82. The summed E-state index contributed by atoms with van der Waals surface area (Å²) in [7, 11) is 4.63. The fraction of sp³-hybridized carbons (Fsp3) is 0.160. The minimum atomic E-state index is -0.269. The number of hydrogen-bond acceptors (Lipinski definition) is 5. The number of benzene rings is 3. The highest BCUT2D eigenvalue weighted by atomic mass is 16.5. The van der Waals surface area contributed by atoms with Crippen molar-refractivity contribution < 1.29 is 23.7 Å². The van der Waals surface area contributed by atoms with Gasteiger partial charge in [-0.1, -0.05) is 30.3 Å². The van der Waals surface area contributed by atoms with Gasteiger partial charge in [-0.15, -0.1) is 0 Å². The molecule has 0 unspecified atom stereocenters. The topological polar surface area (TPSA) is 66.0 Å². The molecule has 0 saturated heterocycles. The second kappa shape index (κ2) is 10.7. The molecule has 3 aromatic carbocycles. The Morgan fingerprint density at radius 1 is 0.839 bits per heavy atom. The van der Waals surface area contributed by atoms with Crippen molar-refractivity contribution in [3.8, 4) is 23.0 Å². The Kier molecular flexibility index (Phi) is 7.54. The predicted octanol–water partition coefficient (Wildman–Crippen LogP) is 4.94. The van der Waals surface area contributed by atoms with Crippen molar-refractivity contribution in [2.45, 2.75) is 6.61 Å². The summed E-state index contributed by atoms with van der Waals surface area (Å²) in [6.45, 7) is 0.489. The molecular weight excluding hydrogens is 394 g/mol. The lowest BCUT2D eigenvalue weighted by atomic mass is 10.1. The quantitative estimate of drug-likeness (QED) is 0.498. The first-order valence-corrected chi connectivity index (χ1v) is 9.69. The van der Waals surface area contributed by atoms with Crippen molar-refractivity contribution in [3.63, 3.8) is 0 Å². The predicted molar refractivity (Wildman–Crippen MR) is 121 cm³/mol. The zero-order chi connectivity index (χ0) is 22.1. The maximum Gasteiger partial charge on any atom is 0.248 e. The first-order chi connectivity index (χ1) is 15.1. The molecular formula is C25H25NO5. The Hall–Kier alpha value is -3.93. The third-order valence-corrected chi connectivity index (χ3v) is 4.52. The SMILES string of the molecule is COc1ccc(/C=C/C(=O)Nc2ccc(OCc3ccccc3)cc2)c(OC)c1OC. The van der Waals surface area contributed by atoms with Crippen LogP contribution in [0, 0.1) is 0 Å². The first kappa shape index (κ1) is 21.8. The second-order valence-electron chi connectivity index (χ2n) is 6.54. The maximum absolute atomic E-state index is 12.3. The van der Waals surface area contributed by atoms with Gasteiger partial charge in [-0.05, 0) is 48.0 Å². The molecule has 0 saturated carbocycles. The van der Waals surface area contributed by atoms with Crippen LogP contribution in [-0.4, -0.2) is 27.2 Å². The van der Waals surface area contributed by atoms with Crippen LogP contribution in [0.15, 0.2) is 72.8 Å². The molecule has 0 aliphatic rings. The average molecular weight is 419 g/mol. The van der Waals surface area contributed by atoms with Gasteiger partial charge in [0.05, 0.1) is 21.3 Å². The molecule has 6 nitrogen and oxygen atoms in total. The molecule has 1 amide bonds. The Bertz CT molecular complexity index is 1030. The third-order valence-electron chi connectivity index (χ3n) is 4.52. The number of amides is 1. The number of carbonyl (C=O) groups is 1. The van der Waals surface area contributed by atoms with Crippen LogP contribution < -0.4 is 24.3 Å². The molecule has 0 aliphatic heterocycles. The molecule has 31 heavy (non-hydrogen) atoms. The summed E-state index contributed by atoms with van der Waals surface area (Å²) < 4.78 is 21.8. The van der Waals surface area contributed by atoms with E-state index >= 15 is 0 Å². The molecule has 160 valence electrons. The van der Waals surface area contributed by atoms with Gasteiger partial charge >= 0.3 is 0 Å². The summed E-state index contributed by atoms with van der Waals surface area (Å²) in [6.07, 6.45) is 3.09. The summed E-state index contributed by atoms with van der Waals surface area (Å²) in [5.41, 5.74) is 2.46. The van der Waals surface area contributed by atoms with Gasteiger partial charge in [0.15, 0.2) is 11.5 Å². The molecule has 1 N–H and O–H groups in total. The molecule has 0 radical (unpaired) electrons. The van der Waals surface area contributed by atoms with E-state index in [-0.39, 0.29) is 5.91 Å². The summed E-state index contributed by atoms with van der Waals surface area (Å²) in [5, 5.41) is 2.82. The minimum absolute atomic E-state index is 0.269. The summed E-state index contributed by atoms with van der Waals surface area (Å²) in [4.78, 5) is 12.3. The van der Waals surface area contributed by atoms with Gasteiger partial charge in [-0.2, -0.15) is 0 Å². The van der Waals surface area contributed by atoms with E-state index in [2.05, 4.69) is 5.32 Å². The standard InChI is InChI=1S/C25H25NO5/c1-28-22-15-9-19(24(29-2)25(22)30-3)10-16-23(27)26-20-11-13-21(14-12-20)31-17-18-7-5-4-6-8-18/h4-16H,17H2,1-3H3,(H,26,27)/b16-10+. The van der Waals surface area contributed by atoms with Gasteiger partial charge in [0, 0.05) is 17.3 Å². The largest absolute Gasteiger partial charge is 0.493 e. The Balaban J connectivity index is 1.61. The molecule has 3 aromatic rings. The molecule has 0 bridgehead atoms. The van der Waals surface area contributed by atoms with Crippen LogP contribution in [0.2, 0.25) is 0 Å². The summed E-state index contributed by atoms with van der Waals surface area (Å²) in [5.74, 6) is 1.97. The van der Waals surface area contributed by atoms with Gasteiger partial charge in [-0.25, -0.2) is 0 Å². The lowest BCUT2D eigenvalue weighted by molar-refractivity contribution is -0.111. The number of ether oxygens (including phenoxy) is 4. The van der Waals surface area contributed by atoms with Crippen molar-refractivity contribution in [3.05, 3.63) is 83.9 Å². The van der Waals surface area contributed by atoms with E-state index in [1.165, 1.54) is 20.3 Å². The van der Waals surface area contributed by atoms with E-state index < -0.39 is 0 Å². The van der Waals surface area contributed by atoms with Crippen LogP contribution in [0.3, 0.4) is 0 Å². The highest BCUT2D eigenvalue weighted by molar-refractivity contribution is 6.02. The Labute approximate surface area is 182 Å². The Morgan fingerprint density at radius 2 is 1.55 bits per heavy atom. The van der Waals surface area contributed by atoms with Gasteiger partial charge < -0.3 is 24.3 Å². The minimum Gasteiger partial charge on any atom is -0.493 e. The summed E-state index contributed by atoms with van der Waals surface area (Å²) in [6, 6.07) is 20.7. The van der Waals surface area contributed by atoms with E-state index in [4.69, 9.17) is 18.9 Å². The lowest BCUT2D eigenvalue weighted by Crippen LogP contribution is -2.07. The maximum atomic E-state index is 12.3. The third kappa shape index (κ3) is 5.79. The molecule has 6 heteroatoms. The van der Waals surface area contributed by atoms with E-state index in [1.807, 2.05) is 42.5 Å². The van der Waals surface area contributed by atoms with Gasteiger partial charge in [0.25, 0.3) is 0 Å². The van der Waals surface area contributed by atoms with Crippen LogP contribution in [-0.2, 0) is 11.4 Å². The smallest absolute Gasteiger partial charge is 0.248 e. The lowest BCUT2D eigenvalue weighted by Gasteiger charge is -2.14. The number of hydrogen-bond donors (Lipinski definition) is 1. The zero-order valence-electron chi connectivity index (χ0n) is 17.8. The molecule has 0 atom stereocenters. The number of anilines is 1. The second-order valence-corrected chi connectivity index (χ2v) is 6.54. The van der Waals surface area contributed by atoms with Gasteiger partial charge in [0.1, 0.15) is 12.4 Å². The molecule has 0 aromatic heterocycles. The Morgan fingerprint density at radius 3 is 2.19 bits per heavy atom. The monoisotopic (exact) mass is 419 g/mol. The van der Waals surface area contributed by atoms with Crippen molar-refractivity contribution in [2.24, 2.45) is 0 Å². The number of methoxy groups -OCH3 is 3. The van der Waals surface area contributed by atoms with Crippen molar-refractivity contribution >= 4 is 17.7 Å². The van der Waals surface area contributed by atoms with E-state index in [0.717, 1.165) is 11.3 Å². The number of nitrogens with one attached hydrogen (secondary N) is 1. The van der Waals surface area contributed by atoms with Crippen LogP contribution >= 0.6 is 0 Å². The van der Waals surface area contributed by atoms with E-state index in [9.17, 15) is 4.79 Å². The fourth-order valence-corrected chi connectivity index (χ4v) is 2.98.